The zero-order valence-corrected chi connectivity index (χ0v) is 68.0. The third-order valence-electron chi connectivity index (χ3n) is 22.4. The number of fused-ring (bicyclic) bond motifs is 1. The number of hydrogen-bond acceptors (Lipinski definition) is 16. The van der Waals surface area contributed by atoms with E-state index < -0.39 is 198 Å². The van der Waals surface area contributed by atoms with Crippen LogP contribution < -0.4 is 42.5 Å². The molecular formula is C80H123N15O16. The van der Waals surface area contributed by atoms with Gasteiger partial charge in [-0.1, -0.05) is 129 Å². The second-order valence-electron chi connectivity index (χ2n) is 31.5. The Labute approximate surface area is 653 Å². The molecule has 4 heterocycles. The van der Waals surface area contributed by atoms with Gasteiger partial charge in [-0.05, 0) is 121 Å². The third kappa shape index (κ3) is 23.8. The van der Waals surface area contributed by atoms with Gasteiger partial charge in [-0.2, -0.15) is 0 Å². The monoisotopic (exact) mass is 1550 g/mol. The summed E-state index contributed by atoms with van der Waals surface area (Å²) in [4.78, 5) is 229. The fraction of sp³-hybridized carbons (Fsp3) is 0.662. The standard InChI is InChI=1S/C80H123N15O16/c1-18-47(7)64-78(109)90(15)52(12)75(106)91(16)61(43-55-33-25-21-26-34-55)72(103)88-66(53(13)96)79(110)92(17)60(42-54-31-23-20-24-32-54)71(102)83-56(41-45(3)4)77(108)94-39-29-35-58(94)69(100)84-57(44-62(97)81-49(9)67(98)86-64)76(107)89(14)51(11)68(99)87-65(48(8)19-2)80(111)95-40-30-36-59(95)70(101)85-63(46(5)6)73(104)82-50(10)74(105)93-37-27-22-28-38-93/h20-21,23-26,31-34,45-53,56-61,63-66,96H,18-19,22,27-30,35-44H2,1-17H3,(H,81,97)(H,82,104)(H,83,102)(H,84,100)(H,85,101)(H,86,98)(H,87,99)(H,88,103)/t47-,48-,49-,50-,51-,52-,53+,56-,57-,58-,59-,60-,61-,63-,64-,65-,66-/m0/s1. The van der Waals surface area contributed by atoms with Gasteiger partial charge in [0.25, 0.3) is 0 Å². The topological polar surface area (TPSA) is 395 Å². The fourth-order valence-corrected chi connectivity index (χ4v) is 14.6. The van der Waals surface area contributed by atoms with Gasteiger partial charge in [-0.3, -0.25) is 71.9 Å². The Morgan fingerprint density at radius 3 is 1.66 bits per heavy atom. The second kappa shape index (κ2) is 41.6. The van der Waals surface area contributed by atoms with Crippen molar-refractivity contribution in [3.8, 4) is 0 Å². The number of likely N-dealkylation sites (tertiary alicyclic amines) is 2. The molecule has 0 aromatic heterocycles. The van der Waals surface area contributed by atoms with Gasteiger partial charge in [0.1, 0.15) is 84.6 Å². The SMILES string of the molecule is CC[C@H](C)[C@@H]1NC(=O)[C@H](C)NC(=O)C[C@@H](C(=O)N(C)[C@@H](C)C(=O)N[C@H](C(=O)N2CCC[C@H]2C(=O)N[C@H](C(=O)N[C@@H](C)C(=O)N2CCCCC2)C(C)C)[C@@H](C)CC)NC(=O)[C@@H]2CCCN2C(=O)[C@H](CC(C)C)NC(=O)[C@H](Cc2ccccc2)N(C)C(=O)[C@H]([C@@H](C)O)NC(=O)[C@H](Cc2ccccc2)N(C)C(=O)[C@H](C)N(C)C1=O. The minimum Gasteiger partial charge on any atom is -0.391 e. The Morgan fingerprint density at radius 2 is 1.11 bits per heavy atom. The molecule has 2 aromatic rings. The minimum absolute atomic E-state index is 0.0111. The first-order chi connectivity index (χ1) is 52.3. The molecular weight excluding hydrogens is 1430 g/mol. The van der Waals surface area contributed by atoms with Crippen molar-refractivity contribution in [3.63, 3.8) is 0 Å². The number of amides is 15. The lowest BCUT2D eigenvalue weighted by Crippen LogP contribution is -2.63. The van der Waals surface area contributed by atoms with Gasteiger partial charge in [0.15, 0.2) is 0 Å². The molecule has 0 spiro atoms. The molecule has 4 aliphatic rings. The lowest BCUT2D eigenvalue weighted by Gasteiger charge is -2.37. The van der Waals surface area contributed by atoms with Crippen molar-refractivity contribution in [2.75, 3.05) is 54.4 Å². The smallest absolute Gasteiger partial charge is 0.248 e. The van der Waals surface area contributed by atoms with E-state index in [0.29, 0.717) is 43.5 Å². The summed E-state index contributed by atoms with van der Waals surface area (Å²) >= 11 is 0. The molecule has 0 unspecified atom stereocenters. The molecule has 0 aliphatic carbocycles. The fourth-order valence-electron chi connectivity index (χ4n) is 14.6. The van der Waals surface area contributed by atoms with Crippen molar-refractivity contribution < 1.29 is 77.0 Å². The highest BCUT2D eigenvalue weighted by Gasteiger charge is 2.46. The van der Waals surface area contributed by atoms with Crippen LogP contribution in [-0.4, -0.2) is 273 Å². The predicted molar refractivity (Wildman–Crippen MR) is 414 cm³/mol. The molecule has 111 heavy (non-hydrogen) atoms. The largest absolute Gasteiger partial charge is 0.391 e. The van der Waals surface area contributed by atoms with Crippen molar-refractivity contribution in [3.05, 3.63) is 71.8 Å². The Balaban J connectivity index is 1.34. The van der Waals surface area contributed by atoms with E-state index in [1.54, 1.807) is 114 Å². The first kappa shape index (κ1) is 90.3. The van der Waals surface area contributed by atoms with Gasteiger partial charge >= 0.3 is 0 Å². The molecule has 31 heteroatoms. The maximum Gasteiger partial charge on any atom is 0.248 e. The van der Waals surface area contributed by atoms with Gasteiger partial charge in [-0.25, -0.2) is 0 Å². The molecule has 9 N–H and O–H groups in total. The number of carbonyl (C=O) groups excluding carboxylic acids is 15. The number of nitrogens with zero attached hydrogens (tertiary/aromatic N) is 7. The van der Waals surface area contributed by atoms with Crippen LogP contribution in [0.5, 0.6) is 0 Å². The summed E-state index contributed by atoms with van der Waals surface area (Å²) in [6, 6.07) is -1.42. The zero-order valence-electron chi connectivity index (χ0n) is 68.0. The molecule has 6 rings (SSSR count). The quantitative estimate of drug-likeness (QED) is 0.0802. The van der Waals surface area contributed by atoms with E-state index in [1.807, 2.05) is 13.8 Å². The lowest BCUT2D eigenvalue weighted by atomic mass is 9.96. The van der Waals surface area contributed by atoms with E-state index in [0.717, 1.165) is 38.9 Å². The number of benzene rings is 2. The first-order valence-electron chi connectivity index (χ1n) is 39.5. The first-order valence-corrected chi connectivity index (χ1v) is 39.5. The van der Waals surface area contributed by atoms with E-state index in [4.69, 9.17) is 0 Å². The molecule has 4 saturated heterocycles. The van der Waals surface area contributed by atoms with Crippen molar-refractivity contribution in [2.24, 2.45) is 23.7 Å². The van der Waals surface area contributed by atoms with Crippen LogP contribution in [-0.2, 0) is 84.8 Å². The Bertz CT molecular complexity index is 3610. The van der Waals surface area contributed by atoms with Crippen LogP contribution in [0.2, 0.25) is 0 Å². The number of aliphatic hydroxyl groups is 1. The summed E-state index contributed by atoms with van der Waals surface area (Å²) in [5, 5.41) is 33.4. The van der Waals surface area contributed by atoms with Crippen LogP contribution in [0.4, 0.5) is 0 Å². The van der Waals surface area contributed by atoms with Crippen molar-refractivity contribution in [1.82, 2.24) is 76.8 Å². The van der Waals surface area contributed by atoms with E-state index in [-0.39, 0.29) is 63.4 Å². The van der Waals surface area contributed by atoms with Gasteiger partial charge < -0.3 is 81.9 Å². The van der Waals surface area contributed by atoms with E-state index >= 15 is 24.0 Å². The molecule has 614 valence electrons. The molecule has 0 radical (unpaired) electrons. The maximum atomic E-state index is 15.3. The summed E-state index contributed by atoms with van der Waals surface area (Å²) in [5.41, 5.74) is 1.19. The average molecular weight is 1550 g/mol. The molecule has 17 atom stereocenters. The summed E-state index contributed by atoms with van der Waals surface area (Å²) in [6.45, 7) is 22.4. The Kier molecular flexibility index (Phi) is 33.9. The number of piperidine rings is 1. The van der Waals surface area contributed by atoms with Crippen molar-refractivity contribution in [1.29, 1.82) is 0 Å². The zero-order chi connectivity index (χ0) is 82.6. The summed E-state index contributed by atoms with van der Waals surface area (Å²) in [5.74, 6) is -13.2. The maximum absolute atomic E-state index is 15.3. The van der Waals surface area contributed by atoms with Crippen molar-refractivity contribution >= 4 is 88.6 Å². The number of hydrogen-bond donors (Lipinski definition) is 9. The Morgan fingerprint density at radius 1 is 0.559 bits per heavy atom. The van der Waals surface area contributed by atoms with Crippen LogP contribution in [0.1, 0.15) is 172 Å². The van der Waals surface area contributed by atoms with E-state index in [1.165, 1.54) is 65.7 Å². The van der Waals surface area contributed by atoms with Crippen LogP contribution in [0.25, 0.3) is 0 Å². The summed E-state index contributed by atoms with van der Waals surface area (Å²) in [6.07, 6.45) is 1.67. The highest BCUT2D eigenvalue weighted by molar-refractivity contribution is 6.02. The molecule has 0 saturated carbocycles. The Hall–Kier alpha value is -9.55. The van der Waals surface area contributed by atoms with Crippen LogP contribution >= 0.6 is 0 Å². The van der Waals surface area contributed by atoms with Gasteiger partial charge in [-0.15, -0.1) is 0 Å². The number of likely N-dealkylation sites (N-methyl/N-ethyl adjacent to an activating group) is 4. The minimum atomic E-state index is -1.83. The van der Waals surface area contributed by atoms with E-state index in [9.17, 15) is 53.1 Å². The van der Waals surface area contributed by atoms with E-state index in [2.05, 4.69) is 42.5 Å². The highest BCUT2D eigenvalue weighted by Crippen LogP contribution is 2.26. The number of aliphatic hydroxyl groups excluding tert-OH is 1. The molecule has 4 fully saturated rings. The normalized spacial score (nSPS) is 25.5. The molecule has 0 bridgehead atoms. The number of rotatable bonds is 22. The highest BCUT2D eigenvalue weighted by atomic mass is 16.3. The van der Waals surface area contributed by atoms with Gasteiger partial charge in [0.2, 0.25) is 88.6 Å². The molecule has 31 nitrogen and oxygen atoms in total. The van der Waals surface area contributed by atoms with Crippen LogP contribution in [0.3, 0.4) is 0 Å². The average Bonchev–Trinajstić information content (AvgIpc) is 1.60. The number of carbonyl (C=O) groups is 15. The van der Waals surface area contributed by atoms with Crippen LogP contribution in [0, 0.1) is 23.7 Å². The molecule has 15 amide bonds. The summed E-state index contributed by atoms with van der Waals surface area (Å²) < 4.78 is 0. The summed E-state index contributed by atoms with van der Waals surface area (Å²) in [7, 11) is 5.27. The van der Waals surface area contributed by atoms with Gasteiger partial charge in [0, 0.05) is 67.2 Å². The predicted octanol–water partition coefficient (Wildman–Crippen LogP) is 1.31. The molecule has 4 aliphatic heterocycles. The third-order valence-corrected chi connectivity index (χ3v) is 22.4. The van der Waals surface area contributed by atoms with Crippen molar-refractivity contribution in [2.45, 2.75) is 264 Å². The lowest BCUT2D eigenvalue weighted by molar-refractivity contribution is -0.150. The number of nitrogens with one attached hydrogen (secondary N) is 8. The van der Waals surface area contributed by atoms with Crippen LogP contribution in [0.15, 0.2) is 60.7 Å². The molecule has 2 aromatic carbocycles. The second-order valence-corrected chi connectivity index (χ2v) is 31.5. The van der Waals surface area contributed by atoms with Gasteiger partial charge in [0.05, 0.1) is 12.5 Å².